The molecule has 0 fully saturated rings. The summed E-state index contributed by atoms with van der Waals surface area (Å²) >= 11 is 0. The number of fused-ring (bicyclic) bond motifs is 1. The van der Waals surface area contributed by atoms with E-state index in [-0.39, 0.29) is 30.1 Å². The minimum absolute atomic E-state index is 0.0702. The number of carboxylic acid groups (broad SMARTS) is 1. The Labute approximate surface area is 290 Å². The molecule has 1 atom stereocenters. The number of hydrogen-bond acceptors (Lipinski definition) is 10. The van der Waals surface area contributed by atoms with E-state index in [9.17, 15) is 28.8 Å². The Hall–Kier alpha value is -5.28. The third-order valence-corrected chi connectivity index (χ3v) is 6.59. The van der Waals surface area contributed by atoms with Crippen LogP contribution in [0, 0.1) is 0 Å². The first-order valence-electron chi connectivity index (χ1n) is 16.0. The molecule has 16 heteroatoms. The lowest BCUT2D eigenvalue weighted by molar-refractivity contribution is -0.138. The Bertz CT molecular complexity index is 1630. The number of amidine groups is 1. The van der Waals surface area contributed by atoms with Crippen LogP contribution in [0.3, 0.4) is 0 Å². The van der Waals surface area contributed by atoms with Crippen molar-refractivity contribution >= 4 is 41.9 Å². The molecule has 1 aliphatic rings. The Morgan fingerprint density at radius 3 is 1.90 bits per heavy atom. The smallest absolute Gasteiger partial charge is 0.436 e. The van der Waals surface area contributed by atoms with E-state index in [0.29, 0.717) is 17.9 Å². The van der Waals surface area contributed by atoms with Crippen LogP contribution in [0.2, 0.25) is 0 Å². The number of amides is 5. The van der Waals surface area contributed by atoms with Crippen molar-refractivity contribution in [1.29, 1.82) is 0 Å². The SMILES string of the molecule is C[C@H](NC(=O)c1ccc(C(=NC(=O)OC(C)(C)C)N(C(=O)OC(C)(C)C)C(=O)OC(C)(C)C)cc1)C(=O)N1CCc2nn(CC(=O)O)cc2C1. The minimum atomic E-state index is -1.16. The monoisotopic (exact) mass is 698 g/mol. The molecule has 1 aromatic carbocycles. The predicted octanol–water partition coefficient (Wildman–Crippen LogP) is 4.52. The maximum Gasteiger partial charge on any atom is 0.436 e. The van der Waals surface area contributed by atoms with E-state index in [1.807, 2.05) is 0 Å². The number of ether oxygens (including phenoxy) is 3. The molecule has 0 saturated carbocycles. The standard InChI is InChI=1S/C34H46N6O10/c1-20(28(44)38-16-15-24-23(17-38)18-39(37-24)19-25(41)42)35-27(43)22-13-11-21(12-14-22)26(36-29(45)48-32(2,3)4)40(30(46)49-33(5,6)7)31(47)50-34(8,9)10/h11-14,18,20H,15-17,19H2,1-10H3,(H,35,43)(H,41,42)/t20-/m0/s1. The van der Waals surface area contributed by atoms with Gasteiger partial charge < -0.3 is 29.5 Å². The summed E-state index contributed by atoms with van der Waals surface area (Å²) in [6, 6.07) is 4.56. The molecule has 50 heavy (non-hydrogen) atoms. The van der Waals surface area contributed by atoms with Gasteiger partial charge >= 0.3 is 24.2 Å². The van der Waals surface area contributed by atoms with Crippen molar-refractivity contribution in [3.05, 3.63) is 52.8 Å². The van der Waals surface area contributed by atoms with Gasteiger partial charge in [0, 0.05) is 42.4 Å². The number of nitrogens with one attached hydrogen (secondary N) is 1. The summed E-state index contributed by atoms with van der Waals surface area (Å²) in [5.74, 6) is -2.43. The summed E-state index contributed by atoms with van der Waals surface area (Å²) in [7, 11) is 0. The maximum atomic E-state index is 13.4. The predicted molar refractivity (Wildman–Crippen MR) is 179 cm³/mol. The van der Waals surface area contributed by atoms with Gasteiger partial charge in [-0.25, -0.2) is 14.4 Å². The van der Waals surface area contributed by atoms with E-state index < -0.39 is 58.8 Å². The van der Waals surface area contributed by atoms with Crippen LogP contribution in [0.5, 0.6) is 0 Å². The van der Waals surface area contributed by atoms with Crippen molar-refractivity contribution in [2.24, 2.45) is 4.99 Å². The number of aromatic nitrogens is 2. The lowest BCUT2D eigenvalue weighted by atomic mass is 10.1. The van der Waals surface area contributed by atoms with Crippen LogP contribution in [-0.4, -0.2) is 96.0 Å². The van der Waals surface area contributed by atoms with Crippen molar-refractivity contribution in [1.82, 2.24) is 24.9 Å². The molecule has 2 N–H and O–H groups in total. The topological polar surface area (TPSA) is 199 Å². The van der Waals surface area contributed by atoms with Crippen molar-refractivity contribution < 1.29 is 48.1 Å². The molecule has 1 aromatic heterocycles. The number of carbonyl (C=O) groups excluding carboxylic acids is 5. The number of hydrogen-bond donors (Lipinski definition) is 2. The Morgan fingerprint density at radius 2 is 1.40 bits per heavy atom. The van der Waals surface area contributed by atoms with Gasteiger partial charge in [-0.05, 0) is 81.4 Å². The van der Waals surface area contributed by atoms with Crippen LogP contribution in [0.1, 0.15) is 96.4 Å². The summed E-state index contributed by atoms with van der Waals surface area (Å²) in [4.78, 5) is 83.2. The zero-order valence-electron chi connectivity index (χ0n) is 30.2. The summed E-state index contributed by atoms with van der Waals surface area (Å²) in [5, 5.41) is 16.0. The molecule has 0 bridgehead atoms. The Kier molecular flexibility index (Phi) is 11.8. The van der Waals surface area contributed by atoms with Gasteiger partial charge in [-0.1, -0.05) is 12.1 Å². The molecule has 0 unspecified atom stereocenters. The van der Waals surface area contributed by atoms with E-state index in [4.69, 9.17) is 19.3 Å². The molecular formula is C34H46N6O10. The maximum absolute atomic E-state index is 13.4. The van der Waals surface area contributed by atoms with E-state index >= 15 is 0 Å². The van der Waals surface area contributed by atoms with E-state index in [1.165, 1.54) is 28.9 Å². The summed E-state index contributed by atoms with van der Waals surface area (Å²) in [6.07, 6.45) is -1.39. The Morgan fingerprint density at radius 1 is 0.880 bits per heavy atom. The van der Waals surface area contributed by atoms with E-state index in [0.717, 1.165) is 11.3 Å². The fourth-order valence-corrected chi connectivity index (χ4v) is 4.64. The summed E-state index contributed by atoms with van der Waals surface area (Å²) in [5.41, 5.74) is -1.38. The number of carbonyl (C=O) groups is 6. The second-order valence-corrected chi connectivity index (χ2v) is 14.7. The third kappa shape index (κ3) is 11.4. The van der Waals surface area contributed by atoms with Gasteiger partial charge in [0.05, 0.1) is 5.69 Å². The second-order valence-electron chi connectivity index (χ2n) is 14.7. The van der Waals surface area contributed by atoms with Gasteiger partial charge in [-0.3, -0.25) is 19.1 Å². The van der Waals surface area contributed by atoms with Crippen LogP contribution in [-0.2, 0) is 43.3 Å². The van der Waals surface area contributed by atoms with Crippen molar-refractivity contribution in [3.8, 4) is 0 Å². The molecule has 3 rings (SSSR count). The summed E-state index contributed by atoms with van der Waals surface area (Å²) in [6.45, 7) is 16.3. The molecule has 0 saturated heterocycles. The number of imide groups is 1. The lowest BCUT2D eigenvalue weighted by Gasteiger charge is -2.29. The molecule has 2 aromatic rings. The first-order valence-corrected chi connectivity index (χ1v) is 16.0. The number of aliphatic imine (C=N–C) groups is 1. The molecule has 272 valence electrons. The third-order valence-electron chi connectivity index (χ3n) is 6.59. The fraction of sp³-hybridized carbons (Fsp3) is 0.529. The van der Waals surface area contributed by atoms with Gasteiger partial charge in [0.1, 0.15) is 29.4 Å². The van der Waals surface area contributed by atoms with Gasteiger partial charge in [0.15, 0.2) is 5.84 Å². The molecule has 1 aliphatic heterocycles. The van der Waals surface area contributed by atoms with Crippen LogP contribution in [0.4, 0.5) is 14.4 Å². The highest BCUT2D eigenvalue weighted by molar-refractivity contribution is 6.18. The number of benzene rings is 1. The highest BCUT2D eigenvalue weighted by Crippen LogP contribution is 2.21. The van der Waals surface area contributed by atoms with Crippen molar-refractivity contribution in [2.75, 3.05) is 6.54 Å². The van der Waals surface area contributed by atoms with E-state index in [2.05, 4.69) is 15.4 Å². The van der Waals surface area contributed by atoms with E-state index in [1.54, 1.807) is 80.3 Å². The van der Waals surface area contributed by atoms with Crippen molar-refractivity contribution in [2.45, 2.75) is 112 Å². The molecule has 0 radical (unpaired) electrons. The zero-order chi connectivity index (χ0) is 37.8. The minimum Gasteiger partial charge on any atom is -0.480 e. The largest absolute Gasteiger partial charge is 0.480 e. The molecular weight excluding hydrogens is 652 g/mol. The lowest BCUT2D eigenvalue weighted by Crippen LogP contribution is -2.48. The van der Waals surface area contributed by atoms with Gasteiger partial charge in [-0.15, -0.1) is 0 Å². The zero-order valence-corrected chi connectivity index (χ0v) is 30.2. The number of nitrogens with zero attached hydrogens (tertiary/aromatic N) is 5. The first-order chi connectivity index (χ1) is 22.9. The average molecular weight is 699 g/mol. The quantitative estimate of drug-likeness (QED) is 0.244. The average Bonchev–Trinajstić information content (AvgIpc) is 3.34. The molecule has 16 nitrogen and oxygen atoms in total. The van der Waals surface area contributed by atoms with Gasteiger partial charge in [0.25, 0.3) is 5.91 Å². The normalized spacial score (nSPS) is 14.2. The summed E-state index contributed by atoms with van der Waals surface area (Å²) < 4.78 is 17.6. The molecule has 0 spiro atoms. The van der Waals surface area contributed by atoms with Crippen LogP contribution < -0.4 is 5.32 Å². The van der Waals surface area contributed by atoms with Crippen LogP contribution in [0.15, 0.2) is 35.5 Å². The van der Waals surface area contributed by atoms with Gasteiger partial charge in [-0.2, -0.15) is 15.0 Å². The van der Waals surface area contributed by atoms with Gasteiger partial charge in [0.2, 0.25) is 5.91 Å². The number of aliphatic carboxylic acids is 1. The number of rotatable bonds is 6. The Balaban J connectivity index is 1.87. The molecule has 2 heterocycles. The first kappa shape index (κ1) is 39.2. The fourth-order valence-electron chi connectivity index (χ4n) is 4.64. The molecule has 5 amide bonds. The second kappa shape index (κ2) is 15.1. The van der Waals surface area contributed by atoms with Crippen LogP contribution >= 0.6 is 0 Å². The highest BCUT2D eigenvalue weighted by Gasteiger charge is 2.37. The number of carboxylic acids is 1. The molecule has 0 aliphatic carbocycles. The van der Waals surface area contributed by atoms with Crippen LogP contribution in [0.25, 0.3) is 0 Å². The van der Waals surface area contributed by atoms with Crippen molar-refractivity contribution in [3.63, 3.8) is 0 Å². The highest BCUT2D eigenvalue weighted by atomic mass is 16.6.